The van der Waals surface area contributed by atoms with Crippen LogP contribution >= 0.6 is 47.8 Å². The average Bonchev–Trinajstić information content (AvgIpc) is 2.29. The van der Waals surface area contributed by atoms with Gasteiger partial charge in [0.2, 0.25) is 0 Å². The molecule has 0 heterocycles. The number of ether oxygens (including phenoxy) is 2. The summed E-state index contributed by atoms with van der Waals surface area (Å²) in [4.78, 5) is 0. The highest BCUT2D eigenvalue weighted by atomic mass is 79.9. The van der Waals surface area contributed by atoms with Crippen LogP contribution in [0.4, 0.5) is 0 Å². The summed E-state index contributed by atoms with van der Waals surface area (Å²) >= 11 is 10.3. The van der Waals surface area contributed by atoms with Gasteiger partial charge in [-0.05, 0) is 49.9 Å². The predicted octanol–water partition coefficient (Wildman–Crippen LogP) is 4.63. The van der Waals surface area contributed by atoms with Crippen molar-refractivity contribution in [2.24, 2.45) is 5.92 Å². The minimum Gasteiger partial charge on any atom is -0.496 e. The second-order valence-electron chi connectivity index (χ2n) is 3.49. The number of alkyl halides is 1. The first kappa shape index (κ1) is 14.3. The summed E-state index contributed by atoms with van der Waals surface area (Å²) in [6.07, 6.45) is 0. The van der Waals surface area contributed by atoms with Crippen molar-refractivity contribution in [3.05, 3.63) is 21.1 Å². The topological polar surface area (TPSA) is 18.5 Å². The largest absolute Gasteiger partial charge is 0.496 e. The van der Waals surface area contributed by atoms with E-state index in [2.05, 4.69) is 54.7 Å². The zero-order valence-corrected chi connectivity index (χ0v) is 13.9. The van der Waals surface area contributed by atoms with Crippen molar-refractivity contribution in [2.75, 3.05) is 19.0 Å². The minimum atomic E-state index is 0.479. The molecule has 1 aromatic rings. The first-order valence-electron chi connectivity index (χ1n) is 4.80. The number of hydrogen-bond acceptors (Lipinski definition) is 2. The van der Waals surface area contributed by atoms with Gasteiger partial charge < -0.3 is 9.47 Å². The molecule has 2 nitrogen and oxygen atoms in total. The monoisotopic (exact) mass is 414 g/mol. The first-order valence-corrected chi connectivity index (χ1v) is 7.51. The van der Waals surface area contributed by atoms with Crippen molar-refractivity contribution in [3.8, 4) is 11.5 Å². The van der Waals surface area contributed by atoms with Crippen LogP contribution in [-0.4, -0.2) is 19.0 Å². The molecule has 0 saturated carbocycles. The number of methoxy groups -OCH3 is 1. The van der Waals surface area contributed by atoms with Crippen LogP contribution in [0.15, 0.2) is 21.1 Å². The van der Waals surface area contributed by atoms with Crippen LogP contribution in [0.25, 0.3) is 0 Å². The third-order valence-electron chi connectivity index (χ3n) is 1.99. The fraction of sp³-hybridized carbons (Fsp3) is 0.455. The van der Waals surface area contributed by atoms with Gasteiger partial charge in [-0.2, -0.15) is 0 Å². The van der Waals surface area contributed by atoms with E-state index in [9.17, 15) is 0 Å². The lowest BCUT2D eigenvalue weighted by atomic mass is 10.2. The molecule has 1 unspecified atom stereocenters. The molecule has 0 aliphatic heterocycles. The standard InChI is InChI=1S/C11H13Br3O2/c1-7(5-12)6-16-11-4-8(13)10(15-2)3-9(11)14/h3-4,7H,5-6H2,1-2H3. The Morgan fingerprint density at radius 2 is 1.75 bits per heavy atom. The molecule has 0 radical (unpaired) electrons. The van der Waals surface area contributed by atoms with Gasteiger partial charge in [0.25, 0.3) is 0 Å². The van der Waals surface area contributed by atoms with Crippen LogP contribution in [-0.2, 0) is 0 Å². The molecule has 0 N–H and O–H groups in total. The Labute approximate surface area is 121 Å². The lowest BCUT2D eigenvalue weighted by molar-refractivity contribution is 0.272. The zero-order chi connectivity index (χ0) is 12.1. The Morgan fingerprint density at radius 3 is 2.31 bits per heavy atom. The molecule has 0 saturated heterocycles. The lowest BCUT2D eigenvalue weighted by Crippen LogP contribution is -2.09. The Bertz CT molecular complexity index is 355. The van der Waals surface area contributed by atoms with Gasteiger partial charge in [-0.25, -0.2) is 0 Å². The van der Waals surface area contributed by atoms with Crippen LogP contribution in [0.3, 0.4) is 0 Å². The summed E-state index contributed by atoms with van der Waals surface area (Å²) in [6.45, 7) is 2.81. The van der Waals surface area contributed by atoms with Gasteiger partial charge in [0.15, 0.2) is 0 Å². The quantitative estimate of drug-likeness (QED) is 0.651. The number of hydrogen-bond donors (Lipinski definition) is 0. The molecule has 0 bridgehead atoms. The Balaban J connectivity index is 2.77. The summed E-state index contributed by atoms with van der Waals surface area (Å²) in [7, 11) is 1.64. The smallest absolute Gasteiger partial charge is 0.134 e. The third-order valence-corrected chi connectivity index (χ3v) is 4.34. The van der Waals surface area contributed by atoms with E-state index < -0.39 is 0 Å². The molecule has 0 aromatic heterocycles. The fourth-order valence-corrected chi connectivity index (χ4v) is 2.16. The van der Waals surface area contributed by atoms with Gasteiger partial charge in [0.05, 0.1) is 22.7 Å². The first-order chi connectivity index (χ1) is 7.58. The maximum absolute atomic E-state index is 5.71. The minimum absolute atomic E-state index is 0.479. The van der Waals surface area contributed by atoms with E-state index in [4.69, 9.17) is 9.47 Å². The molecule has 1 rings (SSSR count). The van der Waals surface area contributed by atoms with Gasteiger partial charge in [-0.1, -0.05) is 22.9 Å². The van der Waals surface area contributed by atoms with Crippen molar-refractivity contribution in [2.45, 2.75) is 6.92 Å². The normalized spacial score (nSPS) is 12.3. The van der Waals surface area contributed by atoms with Crippen molar-refractivity contribution in [1.82, 2.24) is 0 Å². The van der Waals surface area contributed by atoms with Gasteiger partial charge in [-0.3, -0.25) is 0 Å². The van der Waals surface area contributed by atoms with E-state index in [0.717, 1.165) is 25.8 Å². The molecule has 0 fully saturated rings. The molecule has 0 aliphatic rings. The maximum atomic E-state index is 5.71. The predicted molar refractivity (Wildman–Crippen MR) is 76.8 cm³/mol. The highest BCUT2D eigenvalue weighted by Crippen LogP contribution is 2.36. The zero-order valence-electron chi connectivity index (χ0n) is 9.10. The Kier molecular flexibility index (Phi) is 6.15. The van der Waals surface area contributed by atoms with E-state index >= 15 is 0 Å². The van der Waals surface area contributed by atoms with E-state index in [1.165, 1.54) is 0 Å². The van der Waals surface area contributed by atoms with Gasteiger partial charge >= 0.3 is 0 Å². The van der Waals surface area contributed by atoms with Crippen LogP contribution in [0.2, 0.25) is 0 Å². The van der Waals surface area contributed by atoms with E-state index in [1.807, 2.05) is 12.1 Å². The summed E-state index contributed by atoms with van der Waals surface area (Å²) in [5.41, 5.74) is 0. The van der Waals surface area contributed by atoms with Crippen molar-refractivity contribution in [1.29, 1.82) is 0 Å². The SMILES string of the molecule is COc1cc(Br)c(OCC(C)CBr)cc1Br. The summed E-state index contributed by atoms with van der Waals surface area (Å²) < 4.78 is 12.7. The third kappa shape index (κ3) is 3.93. The molecule has 0 spiro atoms. The average molecular weight is 417 g/mol. The second-order valence-corrected chi connectivity index (χ2v) is 5.84. The molecule has 5 heteroatoms. The molecular formula is C11H13Br3O2. The molecule has 0 amide bonds. The van der Waals surface area contributed by atoms with Crippen molar-refractivity contribution in [3.63, 3.8) is 0 Å². The van der Waals surface area contributed by atoms with Gasteiger partial charge in [0, 0.05) is 5.33 Å². The summed E-state index contributed by atoms with van der Waals surface area (Å²) in [5, 5.41) is 0.932. The van der Waals surface area contributed by atoms with Crippen LogP contribution in [0.1, 0.15) is 6.92 Å². The second kappa shape index (κ2) is 6.87. The molecule has 0 aliphatic carbocycles. The summed E-state index contributed by atoms with van der Waals surface area (Å²) in [5.74, 6) is 2.08. The molecule has 1 aromatic carbocycles. The number of benzene rings is 1. The van der Waals surface area contributed by atoms with E-state index in [0.29, 0.717) is 12.5 Å². The number of halogens is 3. The van der Waals surface area contributed by atoms with E-state index in [-0.39, 0.29) is 0 Å². The van der Waals surface area contributed by atoms with Crippen molar-refractivity contribution >= 4 is 47.8 Å². The lowest BCUT2D eigenvalue weighted by Gasteiger charge is -2.13. The van der Waals surface area contributed by atoms with Crippen LogP contribution in [0.5, 0.6) is 11.5 Å². The Hall–Kier alpha value is 0.260. The van der Waals surface area contributed by atoms with Gasteiger partial charge in [-0.15, -0.1) is 0 Å². The Morgan fingerprint density at radius 1 is 1.19 bits per heavy atom. The maximum Gasteiger partial charge on any atom is 0.134 e. The van der Waals surface area contributed by atoms with E-state index in [1.54, 1.807) is 7.11 Å². The van der Waals surface area contributed by atoms with Crippen LogP contribution < -0.4 is 9.47 Å². The molecule has 1 atom stereocenters. The van der Waals surface area contributed by atoms with Crippen molar-refractivity contribution < 1.29 is 9.47 Å². The van der Waals surface area contributed by atoms with Crippen LogP contribution in [0, 0.1) is 5.92 Å². The molecule has 16 heavy (non-hydrogen) atoms. The fourth-order valence-electron chi connectivity index (χ4n) is 1.05. The highest BCUT2D eigenvalue weighted by molar-refractivity contribution is 9.11. The molecule has 90 valence electrons. The summed E-state index contributed by atoms with van der Waals surface area (Å²) in [6, 6.07) is 3.79. The molecular weight excluding hydrogens is 404 g/mol. The number of rotatable bonds is 5. The highest BCUT2D eigenvalue weighted by Gasteiger charge is 2.09. The van der Waals surface area contributed by atoms with Gasteiger partial charge in [0.1, 0.15) is 11.5 Å².